The van der Waals surface area contributed by atoms with Gasteiger partial charge in [0.2, 0.25) is 0 Å². The summed E-state index contributed by atoms with van der Waals surface area (Å²) in [4.78, 5) is 16.3. The van der Waals surface area contributed by atoms with Crippen molar-refractivity contribution in [2.24, 2.45) is 4.99 Å². The maximum absolute atomic E-state index is 12.0. The maximum Gasteiger partial charge on any atom is 0.407 e. The minimum absolute atomic E-state index is 0. The maximum atomic E-state index is 12.0. The highest BCUT2D eigenvalue weighted by Crippen LogP contribution is 2.22. The molecule has 3 N–H and O–H groups in total. The molecule has 1 saturated carbocycles. The number of aliphatic imine (C=N–C) groups is 1. The lowest BCUT2D eigenvalue weighted by atomic mass is 9.91. The molecule has 1 unspecified atom stereocenters. The summed E-state index contributed by atoms with van der Waals surface area (Å²) in [6.07, 6.45) is 4.53. The van der Waals surface area contributed by atoms with E-state index >= 15 is 0 Å². The molecule has 0 aliphatic heterocycles. The number of rotatable bonds is 7. The van der Waals surface area contributed by atoms with Crippen LogP contribution in [0.1, 0.15) is 71.3 Å². The molecular formula is C24H41IN4O3. The molecule has 32 heavy (non-hydrogen) atoms. The Morgan fingerprint density at radius 1 is 1.09 bits per heavy atom. The van der Waals surface area contributed by atoms with Crippen molar-refractivity contribution in [1.82, 2.24) is 16.0 Å². The second-order valence-electron chi connectivity index (χ2n) is 9.30. The van der Waals surface area contributed by atoms with Crippen molar-refractivity contribution >= 4 is 36.0 Å². The third kappa shape index (κ3) is 10.3. The Morgan fingerprint density at radius 2 is 1.66 bits per heavy atom. The van der Waals surface area contributed by atoms with Crippen LogP contribution in [0, 0.1) is 0 Å². The van der Waals surface area contributed by atoms with E-state index < -0.39 is 5.60 Å². The highest BCUT2D eigenvalue weighted by atomic mass is 127. The number of nitrogens with one attached hydrogen (secondary N) is 3. The molecule has 0 bridgehead atoms. The van der Waals surface area contributed by atoms with Crippen molar-refractivity contribution < 1.29 is 14.3 Å². The number of halogens is 1. The number of carbonyl (C=O) groups is 1. The molecular weight excluding hydrogens is 519 g/mol. The Hall–Kier alpha value is -1.71. The van der Waals surface area contributed by atoms with Crippen molar-refractivity contribution in [3.8, 4) is 5.75 Å². The van der Waals surface area contributed by atoms with Crippen molar-refractivity contribution in [2.45, 2.75) is 83.4 Å². The Morgan fingerprint density at radius 3 is 2.16 bits per heavy atom. The lowest BCUT2D eigenvalue weighted by molar-refractivity contribution is 0.0490. The molecule has 1 atom stereocenters. The fraction of sp³-hybridized carbons (Fsp3) is 0.667. The Bertz CT molecular complexity index is 711. The number of ether oxygens (including phenoxy) is 2. The normalized spacial score (nSPS) is 19.9. The van der Waals surface area contributed by atoms with Gasteiger partial charge in [-0.3, -0.25) is 4.99 Å². The summed E-state index contributed by atoms with van der Waals surface area (Å²) >= 11 is 0. The first-order valence-corrected chi connectivity index (χ1v) is 11.3. The largest absolute Gasteiger partial charge is 0.497 e. The third-order valence-corrected chi connectivity index (χ3v) is 5.57. The first-order chi connectivity index (χ1) is 14.7. The Kier molecular flexibility index (Phi) is 12.2. The molecule has 0 saturated heterocycles. The van der Waals surface area contributed by atoms with E-state index in [0.717, 1.165) is 50.4 Å². The summed E-state index contributed by atoms with van der Waals surface area (Å²) < 4.78 is 10.6. The predicted molar refractivity (Wildman–Crippen MR) is 141 cm³/mol. The van der Waals surface area contributed by atoms with E-state index in [4.69, 9.17) is 9.47 Å². The van der Waals surface area contributed by atoms with Gasteiger partial charge in [0.05, 0.1) is 7.11 Å². The second kappa shape index (κ2) is 13.7. The molecule has 1 aliphatic rings. The number of carbonyl (C=O) groups excluding carboxylic acids is 1. The van der Waals surface area contributed by atoms with E-state index in [2.05, 4.69) is 40.0 Å². The Balaban J connectivity index is 0.00000512. The van der Waals surface area contributed by atoms with Gasteiger partial charge in [-0.15, -0.1) is 24.0 Å². The number of hydrogen-bond donors (Lipinski definition) is 3. The number of nitrogens with zero attached hydrogens (tertiary/aromatic N) is 1. The van der Waals surface area contributed by atoms with Crippen LogP contribution in [0.5, 0.6) is 5.75 Å². The summed E-state index contributed by atoms with van der Waals surface area (Å²) in [6, 6.07) is 8.80. The minimum atomic E-state index is -0.466. The van der Waals surface area contributed by atoms with E-state index in [9.17, 15) is 4.79 Å². The SMILES string of the molecule is CN=C(NCCC(C)c1ccc(OC)cc1)NC1CCC(NC(=O)OC(C)(C)C)CC1.I. The third-order valence-electron chi connectivity index (χ3n) is 5.57. The van der Waals surface area contributed by atoms with Gasteiger partial charge < -0.3 is 25.4 Å². The molecule has 0 spiro atoms. The van der Waals surface area contributed by atoms with Gasteiger partial charge in [0, 0.05) is 25.7 Å². The quantitative estimate of drug-likeness (QED) is 0.253. The van der Waals surface area contributed by atoms with Crippen LogP contribution in [0.3, 0.4) is 0 Å². The number of benzene rings is 1. The number of amides is 1. The van der Waals surface area contributed by atoms with Crippen LogP contribution in [0.15, 0.2) is 29.3 Å². The molecule has 2 rings (SSSR count). The average Bonchev–Trinajstić information content (AvgIpc) is 2.72. The number of guanidine groups is 1. The molecule has 7 nitrogen and oxygen atoms in total. The Labute approximate surface area is 210 Å². The summed E-state index contributed by atoms with van der Waals surface area (Å²) in [7, 11) is 3.49. The summed E-state index contributed by atoms with van der Waals surface area (Å²) in [6.45, 7) is 8.72. The smallest absolute Gasteiger partial charge is 0.407 e. The lowest BCUT2D eigenvalue weighted by Crippen LogP contribution is -2.48. The van der Waals surface area contributed by atoms with Crippen LogP contribution in [0.25, 0.3) is 0 Å². The molecule has 0 radical (unpaired) electrons. The number of alkyl carbamates (subject to hydrolysis) is 1. The summed E-state index contributed by atoms with van der Waals surface area (Å²) in [5, 5.41) is 9.95. The second-order valence-corrected chi connectivity index (χ2v) is 9.30. The van der Waals surface area contributed by atoms with E-state index in [1.54, 1.807) is 14.2 Å². The molecule has 182 valence electrons. The van der Waals surface area contributed by atoms with Gasteiger partial charge >= 0.3 is 6.09 Å². The van der Waals surface area contributed by atoms with E-state index in [1.165, 1.54) is 5.56 Å². The molecule has 1 aromatic carbocycles. The highest BCUT2D eigenvalue weighted by molar-refractivity contribution is 14.0. The van der Waals surface area contributed by atoms with Gasteiger partial charge in [0.1, 0.15) is 11.4 Å². The van der Waals surface area contributed by atoms with E-state index in [-0.39, 0.29) is 36.1 Å². The summed E-state index contributed by atoms with van der Waals surface area (Å²) in [5.41, 5.74) is 0.840. The standard InChI is InChI=1S/C24H40N4O3.HI/c1-17(18-7-13-21(30-6)14-8-18)15-16-26-22(25-5)27-19-9-11-20(12-10-19)28-23(29)31-24(2,3)4;/h7-8,13-14,17,19-20H,9-12,15-16H2,1-6H3,(H,28,29)(H2,25,26,27);1H. The van der Waals surface area contributed by atoms with Gasteiger partial charge in [-0.05, 0) is 76.5 Å². The minimum Gasteiger partial charge on any atom is -0.497 e. The first-order valence-electron chi connectivity index (χ1n) is 11.3. The predicted octanol–water partition coefficient (Wildman–Crippen LogP) is 4.81. The highest BCUT2D eigenvalue weighted by Gasteiger charge is 2.25. The molecule has 1 amide bonds. The van der Waals surface area contributed by atoms with Crippen molar-refractivity contribution in [3.63, 3.8) is 0 Å². The monoisotopic (exact) mass is 560 g/mol. The fourth-order valence-electron chi connectivity index (χ4n) is 3.75. The zero-order valence-electron chi connectivity index (χ0n) is 20.4. The fourth-order valence-corrected chi connectivity index (χ4v) is 3.75. The van der Waals surface area contributed by atoms with Gasteiger partial charge in [0.25, 0.3) is 0 Å². The van der Waals surface area contributed by atoms with Crippen LogP contribution in [-0.2, 0) is 4.74 Å². The average molecular weight is 561 g/mol. The van der Waals surface area contributed by atoms with Crippen LogP contribution >= 0.6 is 24.0 Å². The topological polar surface area (TPSA) is 84.0 Å². The van der Waals surface area contributed by atoms with Crippen LogP contribution < -0.4 is 20.7 Å². The zero-order chi connectivity index (χ0) is 22.9. The van der Waals surface area contributed by atoms with Gasteiger partial charge in [-0.1, -0.05) is 19.1 Å². The van der Waals surface area contributed by atoms with E-state index in [1.807, 2.05) is 32.9 Å². The molecule has 8 heteroatoms. The van der Waals surface area contributed by atoms with E-state index in [0.29, 0.717) is 12.0 Å². The van der Waals surface area contributed by atoms with Gasteiger partial charge in [0.15, 0.2) is 5.96 Å². The van der Waals surface area contributed by atoms with Crippen molar-refractivity contribution in [3.05, 3.63) is 29.8 Å². The molecule has 1 fully saturated rings. The number of methoxy groups -OCH3 is 1. The molecule has 1 aliphatic carbocycles. The van der Waals surface area contributed by atoms with Crippen LogP contribution in [-0.4, -0.2) is 50.4 Å². The molecule has 0 heterocycles. The summed E-state index contributed by atoms with van der Waals surface area (Å²) in [5.74, 6) is 2.17. The first kappa shape index (κ1) is 28.3. The number of hydrogen-bond acceptors (Lipinski definition) is 4. The van der Waals surface area contributed by atoms with Gasteiger partial charge in [-0.25, -0.2) is 4.79 Å². The lowest BCUT2D eigenvalue weighted by Gasteiger charge is -2.31. The molecule has 0 aromatic heterocycles. The van der Waals surface area contributed by atoms with Crippen molar-refractivity contribution in [2.75, 3.05) is 20.7 Å². The zero-order valence-corrected chi connectivity index (χ0v) is 22.7. The molecule has 1 aromatic rings. The van der Waals surface area contributed by atoms with Crippen LogP contribution in [0.2, 0.25) is 0 Å². The van der Waals surface area contributed by atoms with Gasteiger partial charge in [-0.2, -0.15) is 0 Å². The van der Waals surface area contributed by atoms with Crippen LogP contribution in [0.4, 0.5) is 4.79 Å². The van der Waals surface area contributed by atoms with Crippen molar-refractivity contribution in [1.29, 1.82) is 0 Å².